The zero-order chi connectivity index (χ0) is 18.5. The van der Waals surface area contributed by atoms with Crippen molar-refractivity contribution in [3.8, 4) is 0 Å². The number of rotatable bonds is 5. The molecule has 1 aliphatic heterocycles. The standard InChI is InChI=1S/C22H24N2O2.ClH/c1-15-7-8-18(13-16(15)2)21(25)19-5-3-4-6-20(19)22(26)24-14-17-9-11-23-12-10-17;/h3-9,13,23H,10-12,14H2,1-2H3,(H,24,26);1H. The molecule has 0 radical (unpaired) electrons. The molecule has 1 aliphatic rings. The van der Waals surface area contributed by atoms with Gasteiger partial charge >= 0.3 is 0 Å². The minimum atomic E-state index is -0.211. The second-order valence-corrected chi connectivity index (χ2v) is 6.67. The van der Waals surface area contributed by atoms with Gasteiger partial charge in [0.1, 0.15) is 0 Å². The lowest BCUT2D eigenvalue weighted by Gasteiger charge is -2.15. The van der Waals surface area contributed by atoms with Crippen molar-refractivity contribution in [1.82, 2.24) is 10.6 Å². The number of carbonyl (C=O) groups is 2. The van der Waals surface area contributed by atoms with Gasteiger partial charge in [-0.15, -0.1) is 12.4 Å². The Morgan fingerprint density at radius 1 is 1.04 bits per heavy atom. The smallest absolute Gasteiger partial charge is 0.252 e. The van der Waals surface area contributed by atoms with Crippen LogP contribution < -0.4 is 10.6 Å². The third kappa shape index (κ3) is 5.06. The summed E-state index contributed by atoms with van der Waals surface area (Å²) in [7, 11) is 0. The summed E-state index contributed by atoms with van der Waals surface area (Å²) in [4.78, 5) is 25.6. The average Bonchev–Trinajstić information content (AvgIpc) is 2.68. The predicted molar refractivity (Wildman–Crippen MR) is 111 cm³/mol. The van der Waals surface area contributed by atoms with E-state index in [-0.39, 0.29) is 24.1 Å². The van der Waals surface area contributed by atoms with Crippen LogP contribution in [0.25, 0.3) is 0 Å². The third-order valence-corrected chi connectivity index (χ3v) is 4.82. The van der Waals surface area contributed by atoms with E-state index in [1.54, 1.807) is 24.3 Å². The first-order valence-corrected chi connectivity index (χ1v) is 8.94. The van der Waals surface area contributed by atoms with Crippen LogP contribution in [0.5, 0.6) is 0 Å². The normalized spacial score (nSPS) is 13.3. The van der Waals surface area contributed by atoms with Crippen LogP contribution in [0.1, 0.15) is 43.8 Å². The summed E-state index contributed by atoms with van der Waals surface area (Å²) in [6.07, 6.45) is 3.04. The first-order chi connectivity index (χ1) is 12.6. The van der Waals surface area contributed by atoms with Crippen LogP contribution in [0.4, 0.5) is 0 Å². The Bertz CT molecular complexity index is 874. The topological polar surface area (TPSA) is 58.2 Å². The van der Waals surface area contributed by atoms with Gasteiger partial charge in [0.15, 0.2) is 5.78 Å². The lowest BCUT2D eigenvalue weighted by Crippen LogP contribution is -2.30. The number of halogens is 1. The number of hydrogen-bond donors (Lipinski definition) is 2. The molecular formula is C22H25ClN2O2. The third-order valence-electron chi connectivity index (χ3n) is 4.82. The highest BCUT2D eigenvalue weighted by atomic mass is 35.5. The summed E-state index contributed by atoms with van der Waals surface area (Å²) in [5.74, 6) is -0.336. The van der Waals surface area contributed by atoms with Crippen molar-refractivity contribution in [1.29, 1.82) is 0 Å². The first kappa shape index (κ1) is 20.9. The highest BCUT2D eigenvalue weighted by Gasteiger charge is 2.18. The van der Waals surface area contributed by atoms with Crippen molar-refractivity contribution >= 4 is 24.1 Å². The summed E-state index contributed by atoms with van der Waals surface area (Å²) in [6, 6.07) is 12.6. The quantitative estimate of drug-likeness (QED) is 0.611. The highest BCUT2D eigenvalue weighted by molar-refractivity contribution is 6.15. The lowest BCUT2D eigenvalue weighted by atomic mass is 9.95. The van der Waals surface area contributed by atoms with Gasteiger partial charge in [0, 0.05) is 24.2 Å². The second kappa shape index (κ2) is 9.49. The number of nitrogens with one attached hydrogen (secondary N) is 2. The molecule has 0 aromatic heterocycles. The van der Waals surface area contributed by atoms with Gasteiger partial charge in [0.25, 0.3) is 5.91 Å². The van der Waals surface area contributed by atoms with E-state index < -0.39 is 0 Å². The van der Waals surface area contributed by atoms with Gasteiger partial charge in [0.2, 0.25) is 0 Å². The zero-order valence-electron chi connectivity index (χ0n) is 15.7. The van der Waals surface area contributed by atoms with Crippen molar-refractivity contribution in [3.63, 3.8) is 0 Å². The predicted octanol–water partition coefficient (Wildman–Crippen LogP) is 3.61. The summed E-state index contributed by atoms with van der Waals surface area (Å²) >= 11 is 0. The van der Waals surface area contributed by atoms with Crippen molar-refractivity contribution in [3.05, 3.63) is 81.9 Å². The first-order valence-electron chi connectivity index (χ1n) is 8.94. The van der Waals surface area contributed by atoms with Gasteiger partial charge in [-0.3, -0.25) is 9.59 Å². The van der Waals surface area contributed by atoms with Gasteiger partial charge in [-0.25, -0.2) is 0 Å². The number of carbonyl (C=O) groups excluding carboxylic acids is 2. The SMILES string of the molecule is Cc1ccc(C(=O)c2ccccc2C(=O)NCC2=CCNCC2)cc1C.Cl. The van der Waals surface area contributed by atoms with Crippen LogP contribution in [0.15, 0.2) is 54.1 Å². The van der Waals surface area contributed by atoms with Crippen LogP contribution in [0.3, 0.4) is 0 Å². The van der Waals surface area contributed by atoms with Crippen LogP contribution in [-0.4, -0.2) is 31.3 Å². The number of amides is 1. The van der Waals surface area contributed by atoms with E-state index in [4.69, 9.17) is 0 Å². The summed E-state index contributed by atoms with van der Waals surface area (Å²) in [5.41, 5.74) is 4.89. The molecule has 0 fully saturated rings. The molecule has 0 saturated heterocycles. The second-order valence-electron chi connectivity index (χ2n) is 6.67. The molecule has 0 bridgehead atoms. The maximum absolute atomic E-state index is 12.9. The van der Waals surface area contributed by atoms with Crippen molar-refractivity contribution in [2.24, 2.45) is 0 Å². The lowest BCUT2D eigenvalue weighted by molar-refractivity contribution is 0.0945. The van der Waals surface area contributed by atoms with Crippen LogP contribution >= 0.6 is 12.4 Å². The molecule has 142 valence electrons. The van der Waals surface area contributed by atoms with E-state index in [1.165, 1.54) is 5.57 Å². The fourth-order valence-corrected chi connectivity index (χ4v) is 3.04. The maximum atomic E-state index is 12.9. The van der Waals surface area contributed by atoms with Crippen molar-refractivity contribution in [2.75, 3.05) is 19.6 Å². The number of aryl methyl sites for hydroxylation is 2. The van der Waals surface area contributed by atoms with Gasteiger partial charge < -0.3 is 10.6 Å². The molecule has 0 spiro atoms. The monoisotopic (exact) mass is 384 g/mol. The molecule has 3 rings (SSSR count). The summed E-state index contributed by atoms with van der Waals surface area (Å²) < 4.78 is 0. The van der Waals surface area contributed by atoms with E-state index in [1.807, 2.05) is 32.0 Å². The summed E-state index contributed by atoms with van der Waals surface area (Å²) in [6.45, 7) is 6.29. The van der Waals surface area contributed by atoms with Gasteiger partial charge in [-0.1, -0.05) is 42.0 Å². The Morgan fingerprint density at radius 3 is 2.44 bits per heavy atom. The molecule has 1 amide bonds. The Kier molecular flexibility index (Phi) is 7.34. The van der Waals surface area contributed by atoms with Crippen LogP contribution in [0.2, 0.25) is 0 Å². The van der Waals surface area contributed by atoms with Gasteiger partial charge in [-0.05, 0) is 50.1 Å². The Balaban J connectivity index is 0.00000261. The largest absolute Gasteiger partial charge is 0.348 e. The fraction of sp³-hybridized carbons (Fsp3) is 0.273. The fourth-order valence-electron chi connectivity index (χ4n) is 3.04. The average molecular weight is 385 g/mol. The molecule has 0 saturated carbocycles. The van der Waals surface area contributed by atoms with Crippen molar-refractivity contribution < 1.29 is 9.59 Å². The Morgan fingerprint density at radius 2 is 1.78 bits per heavy atom. The van der Waals surface area contributed by atoms with Crippen LogP contribution in [0, 0.1) is 13.8 Å². The minimum Gasteiger partial charge on any atom is -0.348 e. The van der Waals surface area contributed by atoms with Gasteiger partial charge in [-0.2, -0.15) is 0 Å². The van der Waals surface area contributed by atoms with E-state index in [9.17, 15) is 9.59 Å². The summed E-state index contributed by atoms with van der Waals surface area (Å²) in [5, 5.41) is 6.20. The number of benzene rings is 2. The van der Waals surface area contributed by atoms with E-state index in [0.29, 0.717) is 23.2 Å². The van der Waals surface area contributed by atoms with Crippen LogP contribution in [-0.2, 0) is 0 Å². The molecule has 5 heteroatoms. The number of hydrogen-bond acceptors (Lipinski definition) is 3. The minimum absolute atomic E-state index is 0. The molecule has 4 nitrogen and oxygen atoms in total. The zero-order valence-corrected chi connectivity index (χ0v) is 16.5. The highest BCUT2D eigenvalue weighted by Crippen LogP contribution is 2.18. The molecule has 2 aromatic rings. The van der Waals surface area contributed by atoms with E-state index in [0.717, 1.165) is 30.6 Å². The maximum Gasteiger partial charge on any atom is 0.252 e. The molecule has 27 heavy (non-hydrogen) atoms. The van der Waals surface area contributed by atoms with E-state index in [2.05, 4.69) is 16.7 Å². The molecule has 1 heterocycles. The van der Waals surface area contributed by atoms with Gasteiger partial charge in [0.05, 0.1) is 5.56 Å². The molecular weight excluding hydrogens is 360 g/mol. The van der Waals surface area contributed by atoms with E-state index >= 15 is 0 Å². The Labute approximate surface area is 166 Å². The number of ketones is 1. The Hall–Kier alpha value is -2.43. The molecule has 0 atom stereocenters. The molecule has 0 aliphatic carbocycles. The molecule has 2 aromatic carbocycles. The van der Waals surface area contributed by atoms with Crippen molar-refractivity contribution in [2.45, 2.75) is 20.3 Å². The molecule has 2 N–H and O–H groups in total. The molecule has 0 unspecified atom stereocenters.